The molecule has 0 aromatic carbocycles. The van der Waals surface area contributed by atoms with Crippen LogP contribution in [0.2, 0.25) is 0 Å². The van der Waals surface area contributed by atoms with Gasteiger partial charge in [0.25, 0.3) is 5.56 Å². The molecule has 116 valence electrons. The van der Waals surface area contributed by atoms with Crippen LogP contribution in [0.4, 0.5) is 0 Å². The number of aryl methyl sites for hydroxylation is 1. The van der Waals surface area contributed by atoms with Gasteiger partial charge in [-0.3, -0.25) is 9.36 Å². The number of aromatic nitrogens is 1. The maximum absolute atomic E-state index is 12.4. The summed E-state index contributed by atoms with van der Waals surface area (Å²) in [7, 11) is 0. The van der Waals surface area contributed by atoms with Crippen LogP contribution < -0.4 is 5.56 Å². The van der Waals surface area contributed by atoms with Gasteiger partial charge in [0.05, 0.1) is 0 Å². The van der Waals surface area contributed by atoms with Gasteiger partial charge in [-0.2, -0.15) is 0 Å². The molecular weight excluding hydrogens is 334 g/mol. The van der Waals surface area contributed by atoms with E-state index in [9.17, 15) is 9.59 Å². The van der Waals surface area contributed by atoms with E-state index >= 15 is 0 Å². The lowest BCUT2D eigenvalue weighted by molar-refractivity contribution is -0.154. The molecule has 1 saturated carbocycles. The van der Waals surface area contributed by atoms with Crippen molar-refractivity contribution in [3.05, 3.63) is 32.7 Å². The lowest BCUT2D eigenvalue weighted by Gasteiger charge is -2.25. The van der Waals surface area contributed by atoms with Crippen molar-refractivity contribution in [1.82, 2.24) is 4.57 Å². The highest BCUT2D eigenvalue weighted by Gasteiger charge is 2.26. The molecule has 1 unspecified atom stereocenters. The van der Waals surface area contributed by atoms with Gasteiger partial charge >= 0.3 is 5.97 Å². The van der Waals surface area contributed by atoms with E-state index < -0.39 is 6.04 Å². The van der Waals surface area contributed by atoms with Crippen LogP contribution in [0.25, 0.3) is 0 Å². The summed E-state index contributed by atoms with van der Waals surface area (Å²) in [5.74, 6) is -0.288. The summed E-state index contributed by atoms with van der Waals surface area (Å²) in [5, 5.41) is 0. The minimum absolute atomic E-state index is 0.0178. The molecule has 0 saturated heterocycles. The first-order chi connectivity index (χ1) is 10.0. The molecule has 2 rings (SSSR count). The molecule has 1 aromatic heterocycles. The topological polar surface area (TPSA) is 48.3 Å². The SMILES string of the molecule is CCC(C(=O)OC1CCCCC1)n1cc(Br)cc(C)c1=O. The molecule has 1 aliphatic rings. The van der Waals surface area contributed by atoms with Crippen LogP contribution in [-0.2, 0) is 9.53 Å². The Morgan fingerprint density at radius 1 is 1.43 bits per heavy atom. The van der Waals surface area contributed by atoms with Gasteiger partial charge in [0.1, 0.15) is 12.1 Å². The zero-order valence-corrected chi connectivity index (χ0v) is 14.2. The second-order valence-corrected chi connectivity index (χ2v) is 6.59. The van der Waals surface area contributed by atoms with Gasteiger partial charge in [-0.15, -0.1) is 0 Å². The number of carbonyl (C=O) groups is 1. The van der Waals surface area contributed by atoms with Crippen LogP contribution in [-0.4, -0.2) is 16.6 Å². The standard InChI is InChI=1S/C16H22BrNO3/c1-3-14(16(20)21-13-7-5-4-6-8-13)18-10-12(17)9-11(2)15(18)19/h9-10,13-14H,3-8H2,1-2H3. The number of esters is 1. The van der Waals surface area contributed by atoms with Crippen LogP contribution in [0.1, 0.15) is 57.1 Å². The normalized spacial score (nSPS) is 17.5. The van der Waals surface area contributed by atoms with Crippen molar-refractivity contribution in [2.45, 2.75) is 64.5 Å². The van der Waals surface area contributed by atoms with Gasteiger partial charge in [-0.05, 0) is 61.0 Å². The van der Waals surface area contributed by atoms with Crippen LogP contribution in [0.5, 0.6) is 0 Å². The summed E-state index contributed by atoms with van der Waals surface area (Å²) in [6, 6.07) is 1.22. The molecule has 4 nitrogen and oxygen atoms in total. The first kappa shape index (κ1) is 16.3. The summed E-state index contributed by atoms with van der Waals surface area (Å²) in [4.78, 5) is 24.7. The Hall–Kier alpha value is -1.10. The zero-order chi connectivity index (χ0) is 15.4. The van der Waals surface area contributed by atoms with Crippen molar-refractivity contribution in [1.29, 1.82) is 0 Å². The van der Waals surface area contributed by atoms with Crippen LogP contribution in [0.15, 0.2) is 21.5 Å². The number of carbonyl (C=O) groups excluding carboxylic acids is 1. The molecule has 1 aromatic rings. The largest absolute Gasteiger partial charge is 0.461 e. The van der Waals surface area contributed by atoms with E-state index in [4.69, 9.17) is 4.74 Å². The summed E-state index contributed by atoms with van der Waals surface area (Å²) in [5.41, 5.74) is 0.485. The van der Waals surface area contributed by atoms with Crippen molar-refractivity contribution >= 4 is 21.9 Å². The highest BCUT2D eigenvalue weighted by molar-refractivity contribution is 9.10. The van der Waals surface area contributed by atoms with Gasteiger partial charge in [-0.1, -0.05) is 13.3 Å². The average molecular weight is 356 g/mol. The molecule has 1 aliphatic carbocycles. The molecule has 1 heterocycles. The molecule has 0 bridgehead atoms. The Balaban J connectivity index is 2.18. The zero-order valence-electron chi connectivity index (χ0n) is 12.6. The summed E-state index contributed by atoms with van der Waals surface area (Å²) >= 11 is 3.38. The molecule has 0 N–H and O–H groups in total. The third-order valence-corrected chi connectivity index (χ3v) is 4.45. The van der Waals surface area contributed by atoms with E-state index in [-0.39, 0.29) is 17.6 Å². The van der Waals surface area contributed by atoms with E-state index in [0.29, 0.717) is 12.0 Å². The average Bonchev–Trinajstić information content (AvgIpc) is 2.45. The Bertz CT molecular complexity index is 561. The Morgan fingerprint density at radius 3 is 2.71 bits per heavy atom. The lowest BCUT2D eigenvalue weighted by Crippen LogP contribution is -2.33. The molecule has 0 spiro atoms. The Kier molecular flexibility index (Phi) is 5.62. The summed E-state index contributed by atoms with van der Waals surface area (Å²) < 4.78 is 7.91. The van der Waals surface area contributed by atoms with Crippen molar-refractivity contribution < 1.29 is 9.53 Å². The number of pyridine rings is 1. The quantitative estimate of drug-likeness (QED) is 0.772. The molecule has 0 aliphatic heterocycles. The van der Waals surface area contributed by atoms with E-state index in [1.165, 1.54) is 11.0 Å². The number of rotatable bonds is 4. The summed E-state index contributed by atoms with van der Waals surface area (Å²) in [6.45, 7) is 3.65. The fourth-order valence-electron chi connectivity index (χ4n) is 2.84. The number of hydrogen-bond donors (Lipinski definition) is 0. The third-order valence-electron chi connectivity index (χ3n) is 4.02. The molecule has 0 radical (unpaired) electrons. The van der Waals surface area contributed by atoms with Gasteiger partial charge in [0, 0.05) is 16.2 Å². The predicted octanol–water partition coefficient (Wildman–Crippen LogP) is 3.75. The number of halogens is 1. The second kappa shape index (κ2) is 7.25. The molecule has 0 amide bonds. The van der Waals surface area contributed by atoms with Crippen LogP contribution in [0.3, 0.4) is 0 Å². The summed E-state index contributed by atoms with van der Waals surface area (Å²) in [6.07, 6.45) is 7.56. The third kappa shape index (κ3) is 3.96. The number of hydrogen-bond acceptors (Lipinski definition) is 3. The van der Waals surface area contributed by atoms with E-state index in [1.807, 2.05) is 6.92 Å². The van der Waals surface area contributed by atoms with E-state index in [2.05, 4.69) is 15.9 Å². The smallest absolute Gasteiger partial charge is 0.329 e. The minimum Gasteiger partial charge on any atom is -0.461 e. The molecular formula is C16H22BrNO3. The van der Waals surface area contributed by atoms with E-state index in [0.717, 1.165) is 30.2 Å². The predicted molar refractivity (Wildman–Crippen MR) is 85.4 cm³/mol. The maximum Gasteiger partial charge on any atom is 0.329 e. The van der Waals surface area contributed by atoms with Crippen molar-refractivity contribution in [2.24, 2.45) is 0 Å². The Labute approximate surface area is 133 Å². The highest BCUT2D eigenvalue weighted by Crippen LogP contribution is 2.23. The lowest BCUT2D eigenvalue weighted by atomic mass is 9.98. The van der Waals surface area contributed by atoms with E-state index in [1.54, 1.807) is 19.2 Å². The van der Waals surface area contributed by atoms with Gasteiger partial charge < -0.3 is 4.74 Å². The van der Waals surface area contributed by atoms with Crippen molar-refractivity contribution in [2.75, 3.05) is 0 Å². The first-order valence-corrected chi connectivity index (χ1v) is 8.41. The van der Waals surface area contributed by atoms with Crippen LogP contribution >= 0.6 is 15.9 Å². The van der Waals surface area contributed by atoms with Gasteiger partial charge in [0.15, 0.2) is 0 Å². The monoisotopic (exact) mass is 355 g/mol. The molecule has 1 atom stereocenters. The highest BCUT2D eigenvalue weighted by atomic mass is 79.9. The van der Waals surface area contributed by atoms with Crippen molar-refractivity contribution in [3.8, 4) is 0 Å². The molecule has 5 heteroatoms. The first-order valence-electron chi connectivity index (χ1n) is 7.61. The fourth-order valence-corrected chi connectivity index (χ4v) is 3.40. The second-order valence-electron chi connectivity index (χ2n) is 5.67. The molecule has 1 fully saturated rings. The van der Waals surface area contributed by atoms with Gasteiger partial charge in [-0.25, -0.2) is 4.79 Å². The fraction of sp³-hybridized carbons (Fsp3) is 0.625. The van der Waals surface area contributed by atoms with Crippen molar-refractivity contribution in [3.63, 3.8) is 0 Å². The van der Waals surface area contributed by atoms with Crippen LogP contribution in [0, 0.1) is 6.92 Å². The minimum atomic E-state index is -0.546. The number of nitrogens with zero attached hydrogens (tertiary/aromatic N) is 1. The molecule has 21 heavy (non-hydrogen) atoms. The maximum atomic E-state index is 12.4. The van der Waals surface area contributed by atoms with Gasteiger partial charge in [0.2, 0.25) is 0 Å². The number of ether oxygens (including phenoxy) is 1. The Morgan fingerprint density at radius 2 is 2.10 bits per heavy atom.